The van der Waals surface area contributed by atoms with E-state index >= 15 is 0 Å². The Balaban J connectivity index is 1.37. The van der Waals surface area contributed by atoms with E-state index in [9.17, 15) is 9.59 Å². The summed E-state index contributed by atoms with van der Waals surface area (Å²) in [5.41, 5.74) is 1.34. The van der Waals surface area contributed by atoms with Gasteiger partial charge in [-0.25, -0.2) is 4.79 Å². The van der Waals surface area contributed by atoms with Crippen molar-refractivity contribution in [3.63, 3.8) is 0 Å². The fraction of sp³-hybridized carbons (Fsp3) is 0.300. The van der Waals surface area contributed by atoms with Crippen LogP contribution in [0.1, 0.15) is 6.42 Å². The molecule has 1 unspecified atom stereocenters. The Kier molecular flexibility index (Phi) is 4.92. The monoisotopic (exact) mass is 383 g/mol. The predicted molar refractivity (Wildman–Crippen MR) is 103 cm³/mol. The number of nitrogens with zero attached hydrogens (tertiary/aromatic N) is 1. The number of methoxy groups -OCH3 is 1. The molecule has 28 heavy (non-hydrogen) atoms. The average molecular weight is 383 g/mol. The number of carbonyl (C=O) groups excluding carboxylic acids is 2. The lowest BCUT2D eigenvalue weighted by molar-refractivity contribution is -0.117. The largest absolute Gasteiger partial charge is 0.497 e. The van der Waals surface area contributed by atoms with Gasteiger partial charge in [-0.2, -0.15) is 0 Å². The number of nitrogens with one attached hydrogen (secondary N) is 2. The van der Waals surface area contributed by atoms with E-state index < -0.39 is 0 Å². The van der Waals surface area contributed by atoms with Crippen LogP contribution in [0, 0.1) is 0 Å². The fourth-order valence-electron chi connectivity index (χ4n) is 3.31. The number of fused-ring (bicyclic) bond motifs is 1. The zero-order chi connectivity index (χ0) is 19.5. The Hall–Kier alpha value is -3.42. The normalized spacial score (nSPS) is 18.0. The Bertz CT molecular complexity index is 901. The summed E-state index contributed by atoms with van der Waals surface area (Å²) in [6.07, 6.45) is 0.242. The van der Waals surface area contributed by atoms with Crippen molar-refractivity contribution in [2.75, 3.05) is 37.1 Å². The van der Waals surface area contributed by atoms with Gasteiger partial charge in [-0.05, 0) is 24.3 Å². The zero-order valence-electron chi connectivity index (χ0n) is 15.4. The molecule has 146 valence electrons. The van der Waals surface area contributed by atoms with E-state index in [4.69, 9.17) is 14.2 Å². The van der Waals surface area contributed by atoms with Gasteiger partial charge in [-0.15, -0.1) is 0 Å². The molecule has 0 aromatic heterocycles. The third-order valence-electron chi connectivity index (χ3n) is 4.63. The van der Waals surface area contributed by atoms with Crippen LogP contribution in [-0.2, 0) is 4.79 Å². The molecule has 2 aliphatic rings. The van der Waals surface area contributed by atoms with Gasteiger partial charge in [-0.1, -0.05) is 6.07 Å². The SMILES string of the molecule is COc1cccc(N2CC(NC(=O)Nc3ccc4c(c3)OCCO4)CC2=O)c1. The Labute approximate surface area is 162 Å². The van der Waals surface area contributed by atoms with Crippen LogP contribution in [0.15, 0.2) is 42.5 Å². The number of amides is 3. The van der Waals surface area contributed by atoms with E-state index in [-0.39, 0.29) is 24.4 Å². The molecule has 1 atom stereocenters. The molecule has 2 N–H and O–H groups in total. The average Bonchev–Trinajstić information content (AvgIpc) is 3.07. The zero-order valence-corrected chi connectivity index (χ0v) is 15.4. The van der Waals surface area contributed by atoms with Crippen LogP contribution in [0.2, 0.25) is 0 Å². The molecule has 3 amide bonds. The summed E-state index contributed by atoms with van der Waals surface area (Å²) in [6, 6.07) is 11.9. The summed E-state index contributed by atoms with van der Waals surface area (Å²) in [5, 5.41) is 5.62. The Morgan fingerprint density at radius 2 is 1.96 bits per heavy atom. The first-order valence-corrected chi connectivity index (χ1v) is 9.04. The number of hydrogen-bond donors (Lipinski definition) is 2. The van der Waals surface area contributed by atoms with Gasteiger partial charge in [0.1, 0.15) is 19.0 Å². The number of benzene rings is 2. The second kappa shape index (κ2) is 7.67. The number of hydrogen-bond acceptors (Lipinski definition) is 5. The maximum Gasteiger partial charge on any atom is 0.319 e. The van der Waals surface area contributed by atoms with Gasteiger partial charge in [0.05, 0.1) is 13.2 Å². The molecule has 2 aromatic rings. The van der Waals surface area contributed by atoms with E-state index in [0.29, 0.717) is 42.7 Å². The number of ether oxygens (including phenoxy) is 3. The van der Waals surface area contributed by atoms with Crippen LogP contribution in [0.5, 0.6) is 17.2 Å². The molecule has 0 radical (unpaired) electrons. The summed E-state index contributed by atoms with van der Waals surface area (Å²) in [4.78, 5) is 26.4. The number of anilines is 2. The van der Waals surface area contributed by atoms with Gasteiger partial charge in [-0.3, -0.25) is 4.79 Å². The first-order valence-electron chi connectivity index (χ1n) is 9.04. The van der Waals surface area contributed by atoms with Crippen molar-refractivity contribution in [2.24, 2.45) is 0 Å². The standard InChI is InChI=1S/C20H21N3O5/c1-26-16-4-2-3-15(11-16)23-12-14(10-19(23)24)22-20(25)21-13-5-6-17-18(9-13)28-8-7-27-17/h2-6,9,11,14H,7-8,10,12H2,1H3,(H2,21,22,25). The third-order valence-corrected chi connectivity index (χ3v) is 4.63. The minimum absolute atomic E-state index is 0.0436. The quantitative estimate of drug-likeness (QED) is 0.846. The molecule has 8 nitrogen and oxygen atoms in total. The highest BCUT2D eigenvalue weighted by Gasteiger charge is 2.31. The van der Waals surface area contributed by atoms with Crippen LogP contribution < -0.4 is 29.7 Å². The third kappa shape index (κ3) is 3.80. The highest BCUT2D eigenvalue weighted by Crippen LogP contribution is 2.32. The maximum absolute atomic E-state index is 12.4. The maximum atomic E-state index is 12.4. The summed E-state index contributed by atoms with van der Waals surface area (Å²) in [6.45, 7) is 1.40. The smallest absolute Gasteiger partial charge is 0.319 e. The molecule has 0 bridgehead atoms. The van der Waals surface area contributed by atoms with Gasteiger partial charge in [0.2, 0.25) is 5.91 Å². The predicted octanol–water partition coefficient (Wildman–Crippen LogP) is 2.39. The van der Waals surface area contributed by atoms with Crippen molar-refractivity contribution in [1.82, 2.24) is 5.32 Å². The Morgan fingerprint density at radius 1 is 1.14 bits per heavy atom. The molecule has 4 rings (SSSR count). The van der Waals surface area contributed by atoms with E-state index in [2.05, 4.69) is 10.6 Å². The van der Waals surface area contributed by atoms with E-state index in [1.54, 1.807) is 36.3 Å². The molecule has 2 aromatic carbocycles. The molecular formula is C20H21N3O5. The lowest BCUT2D eigenvalue weighted by Gasteiger charge is -2.20. The van der Waals surface area contributed by atoms with Gasteiger partial charge in [0.15, 0.2) is 11.5 Å². The molecule has 1 fully saturated rings. The summed E-state index contributed by atoms with van der Waals surface area (Å²) in [7, 11) is 1.58. The minimum atomic E-state index is -0.373. The second-order valence-electron chi connectivity index (χ2n) is 6.56. The van der Waals surface area contributed by atoms with E-state index in [1.807, 2.05) is 18.2 Å². The molecule has 0 aliphatic carbocycles. The molecule has 0 spiro atoms. The van der Waals surface area contributed by atoms with Gasteiger partial charge >= 0.3 is 6.03 Å². The van der Waals surface area contributed by atoms with Crippen molar-refractivity contribution in [3.8, 4) is 17.2 Å². The van der Waals surface area contributed by atoms with Gasteiger partial charge in [0, 0.05) is 36.5 Å². The lowest BCUT2D eigenvalue weighted by atomic mass is 10.2. The molecule has 2 heterocycles. The van der Waals surface area contributed by atoms with Crippen LogP contribution in [0.3, 0.4) is 0 Å². The second-order valence-corrected chi connectivity index (χ2v) is 6.56. The number of rotatable bonds is 4. The van der Waals surface area contributed by atoms with Crippen LogP contribution in [0.4, 0.5) is 16.2 Å². The van der Waals surface area contributed by atoms with Crippen LogP contribution in [0.25, 0.3) is 0 Å². The van der Waals surface area contributed by atoms with Crippen molar-refractivity contribution in [1.29, 1.82) is 0 Å². The van der Waals surface area contributed by atoms with Crippen molar-refractivity contribution in [3.05, 3.63) is 42.5 Å². The molecule has 2 aliphatic heterocycles. The summed E-state index contributed by atoms with van der Waals surface area (Å²) in [5.74, 6) is 1.90. The first kappa shape index (κ1) is 18.0. The van der Waals surface area contributed by atoms with Crippen molar-refractivity contribution < 1.29 is 23.8 Å². The minimum Gasteiger partial charge on any atom is -0.497 e. The number of urea groups is 1. The molecule has 8 heteroatoms. The molecule has 1 saturated heterocycles. The van der Waals surface area contributed by atoms with Crippen LogP contribution in [-0.4, -0.2) is 44.8 Å². The summed E-state index contributed by atoms with van der Waals surface area (Å²) < 4.78 is 16.2. The highest BCUT2D eigenvalue weighted by molar-refractivity contribution is 5.97. The van der Waals surface area contributed by atoms with Crippen LogP contribution >= 0.6 is 0 Å². The van der Waals surface area contributed by atoms with Gasteiger partial charge in [0.25, 0.3) is 0 Å². The van der Waals surface area contributed by atoms with Crippen molar-refractivity contribution in [2.45, 2.75) is 12.5 Å². The van der Waals surface area contributed by atoms with E-state index in [0.717, 1.165) is 5.69 Å². The summed E-state index contributed by atoms with van der Waals surface area (Å²) >= 11 is 0. The number of carbonyl (C=O) groups is 2. The first-order chi connectivity index (χ1) is 13.6. The lowest BCUT2D eigenvalue weighted by Crippen LogP contribution is -2.39. The fourth-order valence-corrected chi connectivity index (χ4v) is 3.31. The molecule has 0 saturated carbocycles. The highest BCUT2D eigenvalue weighted by atomic mass is 16.6. The van der Waals surface area contributed by atoms with Crippen molar-refractivity contribution >= 4 is 23.3 Å². The Morgan fingerprint density at radius 3 is 2.79 bits per heavy atom. The molecular weight excluding hydrogens is 362 g/mol. The topological polar surface area (TPSA) is 89.1 Å². The van der Waals surface area contributed by atoms with E-state index in [1.165, 1.54) is 0 Å². The van der Waals surface area contributed by atoms with Gasteiger partial charge < -0.3 is 29.7 Å².